The van der Waals surface area contributed by atoms with E-state index in [4.69, 9.17) is 0 Å². The number of hydrogen-bond acceptors (Lipinski definition) is 2. The van der Waals surface area contributed by atoms with Crippen molar-refractivity contribution in [3.63, 3.8) is 0 Å². The monoisotopic (exact) mass is 293 g/mol. The molecule has 1 N–H and O–H groups in total. The Hall–Kier alpha value is -0.340. The summed E-state index contributed by atoms with van der Waals surface area (Å²) in [6.07, 6.45) is 8.01. The van der Waals surface area contributed by atoms with Crippen molar-refractivity contribution in [2.75, 3.05) is 0 Å². The fraction of sp³-hybridized carbons (Fsp3) is 0.778. The van der Waals surface area contributed by atoms with Crippen molar-refractivity contribution in [1.82, 2.24) is 5.32 Å². The van der Waals surface area contributed by atoms with Gasteiger partial charge in [0.05, 0.1) is 0 Å². The van der Waals surface area contributed by atoms with Crippen LogP contribution in [0.2, 0.25) is 0 Å². The topological polar surface area (TPSA) is 12.0 Å². The van der Waals surface area contributed by atoms with Gasteiger partial charge in [-0.1, -0.05) is 34.1 Å². The molecule has 0 atom stereocenters. The summed E-state index contributed by atoms with van der Waals surface area (Å²) in [4.78, 5) is 3.01. The van der Waals surface area contributed by atoms with Gasteiger partial charge in [0.1, 0.15) is 0 Å². The van der Waals surface area contributed by atoms with Gasteiger partial charge in [-0.15, -0.1) is 11.3 Å². The highest BCUT2D eigenvalue weighted by Crippen LogP contribution is 2.40. The fourth-order valence-corrected chi connectivity index (χ4v) is 4.23. The Kier molecular flexibility index (Phi) is 5.68. The summed E-state index contributed by atoms with van der Waals surface area (Å²) >= 11 is 1.97. The van der Waals surface area contributed by atoms with Crippen LogP contribution < -0.4 is 5.32 Å². The molecule has 2 rings (SSSR count). The molecule has 1 aromatic heterocycles. The minimum absolute atomic E-state index is 0.536. The lowest BCUT2D eigenvalue weighted by Gasteiger charge is -2.39. The maximum Gasteiger partial charge on any atom is 0.0302 e. The first-order chi connectivity index (χ1) is 9.55. The van der Waals surface area contributed by atoms with Crippen molar-refractivity contribution in [3.05, 3.63) is 21.9 Å². The van der Waals surface area contributed by atoms with Gasteiger partial charge in [0, 0.05) is 22.3 Å². The molecular weight excluding hydrogens is 262 g/mol. The van der Waals surface area contributed by atoms with Gasteiger partial charge in [0.2, 0.25) is 0 Å². The zero-order chi connectivity index (χ0) is 14.6. The highest BCUT2D eigenvalue weighted by atomic mass is 32.1. The molecule has 0 aromatic carbocycles. The van der Waals surface area contributed by atoms with Crippen LogP contribution in [0.4, 0.5) is 0 Å². The average Bonchev–Trinajstić information content (AvgIpc) is 2.93. The molecule has 0 saturated heterocycles. The number of thiophene rings is 1. The molecule has 0 amide bonds. The zero-order valence-corrected chi connectivity index (χ0v) is 14.5. The van der Waals surface area contributed by atoms with Crippen molar-refractivity contribution in [3.8, 4) is 0 Å². The molecular formula is C18H31NS. The molecule has 1 saturated carbocycles. The van der Waals surface area contributed by atoms with E-state index in [2.05, 4.69) is 45.1 Å². The van der Waals surface area contributed by atoms with Crippen LogP contribution in [-0.4, -0.2) is 6.04 Å². The first-order valence-electron chi connectivity index (χ1n) is 8.36. The summed E-state index contributed by atoms with van der Waals surface area (Å²) < 4.78 is 0. The number of hydrogen-bond donors (Lipinski definition) is 1. The molecule has 20 heavy (non-hydrogen) atoms. The van der Waals surface area contributed by atoms with Gasteiger partial charge in [0.25, 0.3) is 0 Å². The van der Waals surface area contributed by atoms with E-state index in [1.807, 2.05) is 11.3 Å². The second-order valence-corrected chi connectivity index (χ2v) is 8.25. The minimum Gasteiger partial charge on any atom is -0.309 e. The summed E-state index contributed by atoms with van der Waals surface area (Å²) in [5, 5.41) is 3.78. The SMILES string of the molecule is CCc1ccc(CNC2CCC(C(C)(C)CC)CC2)s1. The smallest absolute Gasteiger partial charge is 0.0302 e. The van der Waals surface area contributed by atoms with Gasteiger partial charge in [-0.05, 0) is 55.6 Å². The van der Waals surface area contributed by atoms with E-state index < -0.39 is 0 Å². The third-order valence-corrected chi connectivity index (χ3v) is 6.60. The second-order valence-electron chi connectivity index (χ2n) is 6.99. The summed E-state index contributed by atoms with van der Waals surface area (Å²) in [7, 11) is 0. The second kappa shape index (κ2) is 7.09. The average molecular weight is 294 g/mol. The lowest BCUT2D eigenvalue weighted by atomic mass is 9.69. The largest absolute Gasteiger partial charge is 0.309 e. The molecule has 0 aliphatic heterocycles. The number of rotatable bonds is 6. The molecule has 1 aliphatic carbocycles. The Morgan fingerprint density at radius 1 is 1.10 bits per heavy atom. The molecule has 2 heteroatoms. The summed E-state index contributed by atoms with van der Waals surface area (Å²) in [6.45, 7) is 10.5. The lowest BCUT2D eigenvalue weighted by Crippen LogP contribution is -2.36. The third-order valence-electron chi connectivity index (χ3n) is 5.37. The molecule has 1 aromatic rings. The fourth-order valence-electron chi connectivity index (χ4n) is 3.32. The Bertz CT molecular complexity index is 399. The van der Waals surface area contributed by atoms with Crippen LogP contribution >= 0.6 is 11.3 Å². The van der Waals surface area contributed by atoms with Gasteiger partial charge < -0.3 is 5.32 Å². The Morgan fingerprint density at radius 3 is 2.30 bits per heavy atom. The van der Waals surface area contributed by atoms with Crippen molar-refractivity contribution >= 4 is 11.3 Å². The van der Waals surface area contributed by atoms with E-state index in [1.54, 1.807) is 0 Å². The molecule has 0 bridgehead atoms. The molecule has 1 aliphatic rings. The van der Waals surface area contributed by atoms with E-state index in [-0.39, 0.29) is 0 Å². The van der Waals surface area contributed by atoms with Crippen LogP contribution in [0, 0.1) is 11.3 Å². The summed E-state index contributed by atoms with van der Waals surface area (Å²) in [5.74, 6) is 0.930. The van der Waals surface area contributed by atoms with Gasteiger partial charge >= 0.3 is 0 Å². The molecule has 0 unspecified atom stereocenters. The quantitative estimate of drug-likeness (QED) is 0.741. The van der Waals surface area contributed by atoms with Gasteiger partial charge in [0.15, 0.2) is 0 Å². The van der Waals surface area contributed by atoms with Crippen LogP contribution in [0.5, 0.6) is 0 Å². The lowest BCUT2D eigenvalue weighted by molar-refractivity contribution is 0.137. The van der Waals surface area contributed by atoms with E-state index in [0.717, 1.165) is 18.5 Å². The van der Waals surface area contributed by atoms with E-state index in [1.165, 1.54) is 48.3 Å². The van der Waals surface area contributed by atoms with Gasteiger partial charge in [-0.3, -0.25) is 0 Å². The first kappa shape index (κ1) is 16.0. The van der Waals surface area contributed by atoms with Crippen molar-refractivity contribution in [2.24, 2.45) is 11.3 Å². The Morgan fingerprint density at radius 2 is 1.75 bits per heavy atom. The highest BCUT2D eigenvalue weighted by Gasteiger charge is 2.31. The predicted molar refractivity (Wildman–Crippen MR) is 90.4 cm³/mol. The van der Waals surface area contributed by atoms with Crippen LogP contribution in [0.1, 0.15) is 69.6 Å². The summed E-state index contributed by atoms with van der Waals surface area (Å²) in [6, 6.07) is 5.32. The maximum atomic E-state index is 3.78. The first-order valence-corrected chi connectivity index (χ1v) is 9.17. The Labute approximate surface area is 129 Å². The standard InChI is InChI=1S/C18H31NS/c1-5-16-11-12-17(20-16)13-19-15-9-7-14(8-10-15)18(3,4)6-2/h11-12,14-15,19H,5-10,13H2,1-4H3. The molecule has 1 heterocycles. The van der Waals surface area contributed by atoms with E-state index in [9.17, 15) is 0 Å². The third kappa shape index (κ3) is 4.08. The number of aryl methyl sites for hydroxylation is 1. The predicted octanol–water partition coefficient (Wildman–Crippen LogP) is 5.40. The van der Waals surface area contributed by atoms with E-state index >= 15 is 0 Å². The highest BCUT2D eigenvalue weighted by molar-refractivity contribution is 7.11. The molecule has 0 spiro atoms. The zero-order valence-electron chi connectivity index (χ0n) is 13.7. The molecule has 114 valence electrons. The van der Waals surface area contributed by atoms with Gasteiger partial charge in [-0.2, -0.15) is 0 Å². The maximum absolute atomic E-state index is 3.78. The normalized spacial score (nSPS) is 24.0. The summed E-state index contributed by atoms with van der Waals surface area (Å²) in [5.41, 5.74) is 0.536. The Balaban J connectivity index is 1.74. The van der Waals surface area contributed by atoms with Crippen LogP contribution in [0.15, 0.2) is 12.1 Å². The van der Waals surface area contributed by atoms with Crippen LogP contribution in [0.3, 0.4) is 0 Å². The van der Waals surface area contributed by atoms with E-state index in [0.29, 0.717) is 5.41 Å². The van der Waals surface area contributed by atoms with Crippen molar-refractivity contribution in [1.29, 1.82) is 0 Å². The molecule has 1 fully saturated rings. The van der Waals surface area contributed by atoms with Crippen molar-refractivity contribution in [2.45, 2.75) is 78.8 Å². The van der Waals surface area contributed by atoms with Crippen LogP contribution in [0.25, 0.3) is 0 Å². The molecule has 0 radical (unpaired) electrons. The van der Waals surface area contributed by atoms with Crippen molar-refractivity contribution < 1.29 is 0 Å². The minimum atomic E-state index is 0.536. The van der Waals surface area contributed by atoms with Gasteiger partial charge in [-0.25, -0.2) is 0 Å². The number of nitrogens with one attached hydrogen (secondary N) is 1. The van der Waals surface area contributed by atoms with Crippen LogP contribution in [-0.2, 0) is 13.0 Å². The molecule has 1 nitrogen and oxygen atoms in total.